The lowest BCUT2D eigenvalue weighted by atomic mass is 10.2. The number of carbonyl (C=O) groups excluding carboxylic acids is 1. The molecule has 0 aliphatic carbocycles. The largest absolute Gasteiger partial charge is 0.338 e. The van der Waals surface area contributed by atoms with E-state index in [2.05, 4.69) is 0 Å². The van der Waals surface area contributed by atoms with Crippen LogP contribution in [0.5, 0.6) is 0 Å². The number of hydrogen-bond acceptors (Lipinski definition) is 5. The Hall–Kier alpha value is -2.14. The van der Waals surface area contributed by atoms with Gasteiger partial charge in [0.1, 0.15) is 6.54 Å². The Labute approximate surface area is 188 Å². The fourth-order valence-electron chi connectivity index (χ4n) is 3.27. The molecule has 0 atom stereocenters. The second-order valence-electron chi connectivity index (χ2n) is 7.34. The third kappa shape index (κ3) is 5.57. The van der Waals surface area contributed by atoms with Crippen LogP contribution in [-0.4, -0.2) is 70.9 Å². The quantitative estimate of drug-likeness (QED) is 0.623. The SMILES string of the molecule is Cc1ccc(S(=O)(=O)N2CCN(C(=O)CN(c3ccc(Cl)cc3)S(C)(=O)=O)CC2)cc1. The molecule has 2 aromatic carbocycles. The Kier molecular flexibility index (Phi) is 6.95. The number of rotatable bonds is 6. The molecule has 168 valence electrons. The minimum absolute atomic E-state index is 0.141. The lowest BCUT2D eigenvalue weighted by molar-refractivity contribution is -0.130. The summed E-state index contributed by atoms with van der Waals surface area (Å²) >= 11 is 5.86. The third-order valence-electron chi connectivity index (χ3n) is 5.04. The molecule has 2 aromatic rings. The van der Waals surface area contributed by atoms with E-state index in [0.29, 0.717) is 10.7 Å². The number of nitrogens with zero attached hydrogens (tertiary/aromatic N) is 3. The molecule has 8 nitrogen and oxygen atoms in total. The number of hydrogen-bond donors (Lipinski definition) is 0. The van der Waals surface area contributed by atoms with Crippen molar-refractivity contribution in [2.45, 2.75) is 11.8 Å². The molecule has 0 unspecified atom stereocenters. The van der Waals surface area contributed by atoms with Gasteiger partial charge in [0.15, 0.2) is 0 Å². The number of piperazine rings is 1. The van der Waals surface area contributed by atoms with Crippen molar-refractivity contribution in [2.24, 2.45) is 0 Å². The van der Waals surface area contributed by atoms with Crippen LogP contribution in [0.2, 0.25) is 5.02 Å². The van der Waals surface area contributed by atoms with Crippen molar-refractivity contribution in [2.75, 3.05) is 43.3 Å². The van der Waals surface area contributed by atoms with Crippen molar-refractivity contribution in [1.29, 1.82) is 0 Å². The van der Waals surface area contributed by atoms with E-state index in [4.69, 9.17) is 11.6 Å². The van der Waals surface area contributed by atoms with Gasteiger partial charge in [-0.2, -0.15) is 4.31 Å². The van der Waals surface area contributed by atoms with Gasteiger partial charge < -0.3 is 4.90 Å². The Morgan fingerprint density at radius 3 is 2.00 bits per heavy atom. The molecule has 31 heavy (non-hydrogen) atoms. The fraction of sp³-hybridized carbons (Fsp3) is 0.350. The molecule has 1 aliphatic heterocycles. The van der Waals surface area contributed by atoms with Gasteiger partial charge in [0.25, 0.3) is 0 Å². The first-order valence-corrected chi connectivity index (χ1v) is 13.2. The van der Waals surface area contributed by atoms with Crippen molar-refractivity contribution in [3.8, 4) is 0 Å². The molecule has 1 heterocycles. The van der Waals surface area contributed by atoms with E-state index >= 15 is 0 Å². The van der Waals surface area contributed by atoms with E-state index < -0.39 is 26.0 Å². The minimum atomic E-state index is -3.70. The predicted molar refractivity (Wildman–Crippen MR) is 120 cm³/mol. The Morgan fingerprint density at radius 1 is 0.935 bits per heavy atom. The van der Waals surface area contributed by atoms with Crippen molar-refractivity contribution in [3.63, 3.8) is 0 Å². The summed E-state index contributed by atoms with van der Waals surface area (Å²) in [6.07, 6.45) is 1.03. The van der Waals surface area contributed by atoms with Crippen LogP contribution in [0.15, 0.2) is 53.4 Å². The molecule has 1 saturated heterocycles. The van der Waals surface area contributed by atoms with Gasteiger partial charge in [0.2, 0.25) is 26.0 Å². The highest BCUT2D eigenvalue weighted by Crippen LogP contribution is 2.22. The molecule has 1 fully saturated rings. The zero-order valence-electron chi connectivity index (χ0n) is 17.2. The zero-order chi connectivity index (χ0) is 22.8. The van der Waals surface area contributed by atoms with Crippen molar-refractivity contribution >= 4 is 43.2 Å². The monoisotopic (exact) mass is 485 g/mol. The summed E-state index contributed by atoms with van der Waals surface area (Å²) in [4.78, 5) is 14.5. The summed E-state index contributed by atoms with van der Waals surface area (Å²) in [5.74, 6) is -0.396. The maximum absolute atomic E-state index is 12.8. The molecular formula is C20H24ClN3O5S2. The third-order valence-corrected chi connectivity index (χ3v) is 8.35. The van der Waals surface area contributed by atoms with Gasteiger partial charge in [-0.15, -0.1) is 0 Å². The van der Waals surface area contributed by atoms with E-state index in [9.17, 15) is 21.6 Å². The summed E-state index contributed by atoms with van der Waals surface area (Å²) < 4.78 is 52.5. The highest BCUT2D eigenvalue weighted by Gasteiger charge is 2.31. The van der Waals surface area contributed by atoms with E-state index in [-0.39, 0.29) is 37.6 Å². The molecule has 11 heteroatoms. The van der Waals surface area contributed by atoms with Crippen LogP contribution < -0.4 is 4.31 Å². The number of halogens is 1. The average molecular weight is 486 g/mol. The highest BCUT2D eigenvalue weighted by molar-refractivity contribution is 7.92. The summed E-state index contributed by atoms with van der Waals surface area (Å²) in [5, 5.41) is 0.453. The summed E-state index contributed by atoms with van der Waals surface area (Å²) in [5.41, 5.74) is 1.30. The topological polar surface area (TPSA) is 95.1 Å². The highest BCUT2D eigenvalue weighted by atomic mass is 35.5. The lowest BCUT2D eigenvalue weighted by Gasteiger charge is -2.35. The van der Waals surface area contributed by atoms with Gasteiger partial charge in [-0.25, -0.2) is 16.8 Å². The first-order chi connectivity index (χ1) is 14.5. The van der Waals surface area contributed by atoms with Crippen LogP contribution in [0.1, 0.15) is 5.56 Å². The number of amides is 1. The lowest BCUT2D eigenvalue weighted by Crippen LogP contribution is -2.53. The number of aryl methyl sites for hydroxylation is 1. The minimum Gasteiger partial charge on any atom is -0.338 e. The smallest absolute Gasteiger partial charge is 0.243 e. The van der Waals surface area contributed by atoms with Crippen molar-refractivity contribution in [3.05, 3.63) is 59.1 Å². The van der Waals surface area contributed by atoms with Gasteiger partial charge in [0.05, 0.1) is 16.8 Å². The first-order valence-electron chi connectivity index (χ1n) is 9.56. The Balaban J connectivity index is 1.67. The summed E-state index contributed by atoms with van der Waals surface area (Å²) in [6.45, 7) is 2.16. The molecule has 0 bridgehead atoms. The van der Waals surface area contributed by atoms with Crippen LogP contribution >= 0.6 is 11.6 Å². The molecule has 0 aromatic heterocycles. The van der Waals surface area contributed by atoms with E-state index in [1.807, 2.05) is 6.92 Å². The molecule has 0 saturated carbocycles. The molecule has 1 amide bonds. The summed E-state index contributed by atoms with van der Waals surface area (Å²) in [6, 6.07) is 12.8. The second kappa shape index (κ2) is 9.15. The van der Waals surface area contributed by atoms with Crippen LogP contribution in [0.25, 0.3) is 0 Å². The van der Waals surface area contributed by atoms with E-state index in [0.717, 1.165) is 16.1 Å². The van der Waals surface area contributed by atoms with Crippen molar-refractivity contribution in [1.82, 2.24) is 9.21 Å². The van der Waals surface area contributed by atoms with Gasteiger partial charge in [-0.1, -0.05) is 29.3 Å². The van der Waals surface area contributed by atoms with Crippen LogP contribution in [0.4, 0.5) is 5.69 Å². The maximum Gasteiger partial charge on any atom is 0.243 e. The molecule has 0 N–H and O–H groups in total. The van der Waals surface area contributed by atoms with Gasteiger partial charge in [-0.3, -0.25) is 9.10 Å². The number of carbonyl (C=O) groups is 1. The van der Waals surface area contributed by atoms with Crippen molar-refractivity contribution < 1.29 is 21.6 Å². The zero-order valence-corrected chi connectivity index (χ0v) is 19.6. The predicted octanol–water partition coefficient (Wildman–Crippen LogP) is 1.95. The van der Waals surface area contributed by atoms with Gasteiger partial charge >= 0.3 is 0 Å². The van der Waals surface area contributed by atoms with Crippen LogP contribution in [0, 0.1) is 6.92 Å². The average Bonchev–Trinajstić information content (AvgIpc) is 2.72. The summed E-state index contributed by atoms with van der Waals surface area (Å²) in [7, 11) is -7.35. The Bertz CT molecular complexity index is 1140. The van der Waals surface area contributed by atoms with Crippen LogP contribution in [-0.2, 0) is 24.8 Å². The first kappa shape index (κ1) is 23.5. The molecular weight excluding hydrogens is 462 g/mol. The fourth-order valence-corrected chi connectivity index (χ4v) is 5.67. The standard InChI is InChI=1S/C20H24ClN3O5S2/c1-16-3-9-19(10-4-16)31(28,29)23-13-11-22(12-14-23)20(25)15-24(30(2,26)27)18-7-5-17(21)6-8-18/h3-10H,11-15H2,1-2H3. The number of sulfonamides is 2. The van der Waals surface area contributed by atoms with Gasteiger partial charge in [-0.05, 0) is 43.3 Å². The molecule has 0 radical (unpaired) electrons. The molecule has 0 spiro atoms. The Morgan fingerprint density at radius 2 is 1.48 bits per heavy atom. The number of benzene rings is 2. The van der Waals surface area contributed by atoms with Crippen LogP contribution in [0.3, 0.4) is 0 Å². The normalized spacial score (nSPS) is 15.6. The van der Waals surface area contributed by atoms with E-state index in [1.165, 1.54) is 21.3 Å². The second-order valence-corrected chi connectivity index (χ2v) is 11.6. The van der Waals surface area contributed by atoms with E-state index in [1.54, 1.807) is 36.4 Å². The van der Waals surface area contributed by atoms with Gasteiger partial charge in [0, 0.05) is 31.2 Å². The number of anilines is 1. The molecule has 1 aliphatic rings. The maximum atomic E-state index is 12.8. The molecule has 3 rings (SSSR count).